The Kier molecular flexibility index (Phi) is 4.08. The number of ether oxygens (including phenoxy) is 3. The van der Waals surface area contributed by atoms with Gasteiger partial charge in [0.25, 0.3) is 0 Å². The quantitative estimate of drug-likeness (QED) is 0.858. The number of aryl methyl sites for hydroxylation is 2. The fourth-order valence-corrected chi connectivity index (χ4v) is 2.07. The van der Waals surface area contributed by atoms with Crippen LogP contribution in [-0.2, 0) is 0 Å². The standard InChI is InChI=1S/C15H18N2O3/c1-9-6-10(2)17-15(16-9)11-7-12(18-3)14(20-5)13(8-11)19-4/h6-8H,1-5H3. The smallest absolute Gasteiger partial charge is 0.203 e. The van der Waals surface area contributed by atoms with Gasteiger partial charge in [0.15, 0.2) is 17.3 Å². The van der Waals surface area contributed by atoms with Crippen molar-refractivity contribution in [2.75, 3.05) is 21.3 Å². The van der Waals surface area contributed by atoms with E-state index in [4.69, 9.17) is 14.2 Å². The van der Waals surface area contributed by atoms with Crippen molar-refractivity contribution in [1.29, 1.82) is 0 Å². The Bertz CT molecular complexity index is 581. The van der Waals surface area contributed by atoms with E-state index in [1.165, 1.54) is 0 Å². The largest absolute Gasteiger partial charge is 0.493 e. The first kappa shape index (κ1) is 14.1. The van der Waals surface area contributed by atoms with Crippen molar-refractivity contribution in [2.24, 2.45) is 0 Å². The predicted octanol–water partition coefficient (Wildman–Crippen LogP) is 2.79. The Morgan fingerprint density at radius 2 is 1.25 bits per heavy atom. The first-order valence-corrected chi connectivity index (χ1v) is 6.21. The van der Waals surface area contributed by atoms with Crippen molar-refractivity contribution in [1.82, 2.24) is 9.97 Å². The molecule has 0 N–H and O–H groups in total. The molecule has 0 unspecified atom stereocenters. The highest BCUT2D eigenvalue weighted by molar-refractivity contribution is 5.66. The molecule has 0 spiro atoms. The molecule has 0 aliphatic heterocycles. The van der Waals surface area contributed by atoms with Crippen molar-refractivity contribution in [2.45, 2.75) is 13.8 Å². The molecule has 106 valence electrons. The summed E-state index contributed by atoms with van der Waals surface area (Å²) in [6, 6.07) is 5.62. The third kappa shape index (κ3) is 2.66. The zero-order valence-electron chi connectivity index (χ0n) is 12.4. The van der Waals surface area contributed by atoms with Gasteiger partial charge in [-0.05, 0) is 32.0 Å². The van der Waals surface area contributed by atoms with Gasteiger partial charge in [-0.25, -0.2) is 9.97 Å². The summed E-state index contributed by atoms with van der Waals surface area (Å²) in [4.78, 5) is 8.90. The van der Waals surface area contributed by atoms with Crippen LogP contribution in [0.3, 0.4) is 0 Å². The van der Waals surface area contributed by atoms with Gasteiger partial charge in [-0.3, -0.25) is 0 Å². The topological polar surface area (TPSA) is 53.5 Å². The minimum absolute atomic E-state index is 0.558. The van der Waals surface area contributed by atoms with Crippen LogP contribution in [0.15, 0.2) is 18.2 Å². The van der Waals surface area contributed by atoms with Crippen LogP contribution >= 0.6 is 0 Å². The van der Waals surface area contributed by atoms with Crippen molar-refractivity contribution in [3.8, 4) is 28.6 Å². The predicted molar refractivity (Wildman–Crippen MR) is 76.6 cm³/mol. The van der Waals surface area contributed by atoms with Crippen molar-refractivity contribution in [3.63, 3.8) is 0 Å². The molecule has 0 aliphatic rings. The number of benzene rings is 1. The SMILES string of the molecule is COc1cc(-c2nc(C)cc(C)n2)cc(OC)c1OC. The van der Waals surface area contributed by atoms with Crippen LogP contribution in [0.1, 0.15) is 11.4 Å². The highest BCUT2D eigenvalue weighted by Gasteiger charge is 2.15. The van der Waals surface area contributed by atoms with E-state index >= 15 is 0 Å². The summed E-state index contributed by atoms with van der Waals surface area (Å²) in [7, 11) is 4.75. The maximum atomic E-state index is 5.34. The second kappa shape index (κ2) is 5.77. The maximum Gasteiger partial charge on any atom is 0.203 e. The van der Waals surface area contributed by atoms with Gasteiger partial charge in [0, 0.05) is 17.0 Å². The van der Waals surface area contributed by atoms with Gasteiger partial charge in [0.2, 0.25) is 5.75 Å². The van der Waals surface area contributed by atoms with E-state index in [1.54, 1.807) is 21.3 Å². The molecule has 20 heavy (non-hydrogen) atoms. The lowest BCUT2D eigenvalue weighted by Gasteiger charge is -2.14. The van der Waals surface area contributed by atoms with Crippen LogP contribution in [0.5, 0.6) is 17.2 Å². The zero-order valence-corrected chi connectivity index (χ0v) is 12.4. The molecule has 1 aromatic heterocycles. The van der Waals surface area contributed by atoms with Crippen LogP contribution in [0.25, 0.3) is 11.4 Å². The molecule has 5 nitrogen and oxygen atoms in total. The van der Waals surface area contributed by atoms with E-state index in [-0.39, 0.29) is 0 Å². The van der Waals surface area contributed by atoms with E-state index in [9.17, 15) is 0 Å². The van der Waals surface area contributed by atoms with Gasteiger partial charge in [-0.2, -0.15) is 0 Å². The number of aromatic nitrogens is 2. The molecule has 0 amide bonds. The first-order valence-electron chi connectivity index (χ1n) is 6.21. The second-order valence-corrected chi connectivity index (χ2v) is 4.39. The van der Waals surface area contributed by atoms with Crippen LogP contribution in [-0.4, -0.2) is 31.3 Å². The summed E-state index contributed by atoms with van der Waals surface area (Å²) < 4.78 is 16.0. The van der Waals surface area contributed by atoms with Crippen LogP contribution in [0.2, 0.25) is 0 Å². The minimum atomic E-state index is 0.558. The molecule has 0 radical (unpaired) electrons. The molecule has 0 fully saturated rings. The van der Waals surface area contributed by atoms with Gasteiger partial charge >= 0.3 is 0 Å². The highest BCUT2D eigenvalue weighted by atomic mass is 16.5. The number of hydrogen-bond acceptors (Lipinski definition) is 5. The third-order valence-electron chi connectivity index (χ3n) is 2.91. The Morgan fingerprint density at radius 1 is 0.750 bits per heavy atom. The molecule has 5 heteroatoms. The minimum Gasteiger partial charge on any atom is -0.493 e. The Labute approximate surface area is 118 Å². The van der Waals surface area contributed by atoms with Gasteiger partial charge in [0.05, 0.1) is 21.3 Å². The molecule has 0 saturated carbocycles. The maximum absolute atomic E-state index is 5.34. The molecule has 1 heterocycles. The van der Waals surface area contributed by atoms with Crippen molar-refractivity contribution >= 4 is 0 Å². The molecule has 1 aromatic carbocycles. The molecule has 2 aromatic rings. The average molecular weight is 274 g/mol. The number of methoxy groups -OCH3 is 3. The Morgan fingerprint density at radius 3 is 1.65 bits per heavy atom. The number of hydrogen-bond donors (Lipinski definition) is 0. The first-order chi connectivity index (χ1) is 9.58. The normalized spacial score (nSPS) is 10.2. The molecular formula is C15H18N2O3. The summed E-state index contributed by atoms with van der Waals surface area (Å²) >= 11 is 0. The van der Waals surface area contributed by atoms with Gasteiger partial charge < -0.3 is 14.2 Å². The van der Waals surface area contributed by atoms with Gasteiger partial charge in [0.1, 0.15) is 0 Å². The molecule has 0 saturated heterocycles. The third-order valence-corrected chi connectivity index (χ3v) is 2.91. The fraction of sp³-hybridized carbons (Fsp3) is 0.333. The van der Waals surface area contributed by atoms with Crippen molar-refractivity contribution < 1.29 is 14.2 Å². The van der Waals surface area contributed by atoms with Crippen LogP contribution < -0.4 is 14.2 Å². The second-order valence-electron chi connectivity index (χ2n) is 4.39. The number of rotatable bonds is 4. The summed E-state index contributed by atoms with van der Waals surface area (Å²) in [6.45, 7) is 3.88. The zero-order chi connectivity index (χ0) is 14.7. The Balaban J connectivity index is 2.62. The van der Waals surface area contributed by atoms with Gasteiger partial charge in [-0.15, -0.1) is 0 Å². The van der Waals surface area contributed by atoms with Crippen LogP contribution in [0.4, 0.5) is 0 Å². The average Bonchev–Trinajstić information content (AvgIpc) is 2.44. The summed E-state index contributed by atoms with van der Waals surface area (Å²) in [5.74, 6) is 2.37. The monoisotopic (exact) mass is 274 g/mol. The Hall–Kier alpha value is -2.30. The molecule has 0 bridgehead atoms. The molecule has 0 atom stereocenters. The van der Waals surface area contributed by atoms with E-state index < -0.39 is 0 Å². The summed E-state index contributed by atoms with van der Waals surface area (Å²) in [5.41, 5.74) is 2.66. The highest BCUT2D eigenvalue weighted by Crippen LogP contribution is 2.40. The van der Waals surface area contributed by atoms with Crippen LogP contribution in [0, 0.1) is 13.8 Å². The lowest BCUT2D eigenvalue weighted by atomic mass is 10.1. The lowest BCUT2D eigenvalue weighted by Crippen LogP contribution is -1.98. The molecular weight excluding hydrogens is 256 g/mol. The fourth-order valence-electron chi connectivity index (χ4n) is 2.07. The van der Waals surface area contributed by atoms with E-state index in [0.717, 1.165) is 17.0 Å². The summed E-state index contributed by atoms with van der Waals surface area (Å²) in [5, 5.41) is 0. The molecule has 2 rings (SSSR count). The summed E-state index contributed by atoms with van der Waals surface area (Å²) in [6.07, 6.45) is 0. The molecule has 0 aliphatic carbocycles. The van der Waals surface area contributed by atoms with Gasteiger partial charge in [-0.1, -0.05) is 0 Å². The lowest BCUT2D eigenvalue weighted by molar-refractivity contribution is 0.324. The van der Waals surface area contributed by atoms with E-state index in [0.29, 0.717) is 23.1 Å². The van der Waals surface area contributed by atoms with Crippen molar-refractivity contribution in [3.05, 3.63) is 29.6 Å². The number of nitrogens with zero attached hydrogens (tertiary/aromatic N) is 2. The van der Waals surface area contributed by atoms with E-state index in [2.05, 4.69) is 9.97 Å². The van der Waals surface area contributed by atoms with E-state index in [1.807, 2.05) is 32.0 Å².